The Morgan fingerprint density at radius 1 is 1.17 bits per heavy atom. The molecule has 0 bridgehead atoms. The van der Waals surface area contributed by atoms with E-state index >= 15 is 0 Å². The van der Waals surface area contributed by atoms with Crippen LogP contribution in [0.1, 0.15) is 11.8 Å². The SMILES string of the molecule is Cc1cn([C@@H]2O[C@H](COP3(=O)OP(=O)(O)OP(=O)(O)O3)C(O)C2O)c(=S)[nH]c1=O. The number of H-pyrrole nitrogens is 1. The first-order chi connectivity index (χ1) is 13.2. The largest absolute Gasteiger partial charge is 0.492 e. The quantitative estimate of drug-likeness (QED) is 0.278. The summed E-state index contributed by atoms with van der Waals surface area (Å²) in [4.78, 5) is 32.3. The zero-order chi connectivity index (χ0) is 21.8. The molecule has 164 valence electrons. The summed E-state index contributed by atoms with van der Waals surface area (Å²) in [7, 11) is -15.5. The van der Waals surface area contributed by atoms with E-state index < -0.39 is 60.2 Å². The monoisotopic (exact) mass is 496 g/mol. The van der Waals surface area contributed by atoms with Gasteiger partial charge in [-0.3, -0.25) is 18.9 Å². The van der Waals surface area contributed by atoms with Gasteiger partial charge in [0.1, 0.15) is 18.3 Å². The number of aromatic nitrogens is 2. The minimum atomic E-state index is -5.23. The third-order valence-corrected chi connectivity index (χ3v) is 9.45. The van der Waals surface area contributed by atoms with Crippen LogP contribution in [0.15, 0.2) is 11.0 Å². The van der Waals surface area contributed by atoms with Crippen LogP contribution in [-0.2, 0) is 35.9 Å². The molecule has 6 atom stereocenters. The Balaban J connectivity index is 1.76. The number of aliphatic hydroxyl groups is 2. The molecule has 3 rings (SSSR count). The molecule has 2 saturated heterocycles. The fourth-order valence-electron chi connectivity index (χ4n) is 2.51. The van der Waals surface area contributed by atoms with E-state index in [1.54, 1.807) is 0 Å². The first-order valence-electron chi connectivity index (χ1n) is 7.60. The number of ether oxygens (including phenoxy) is 1. The number of aliphatic hydroxyl groups excluding tert-OH is 2. The van der Waals surface area contributed by atoms with Gasteiger partial charge in [0.2, 0.25) is 0 Å². The predicted octanol–water partition coefficient (Wildman–Crippen LogP) is 0.222. The summed E-state index contributed by atoms with van der Waals surface area (Å²) >= 11 is 4.99. The van der Waals surface area contributed by atoms with E-state index in [9.17, 15) is 38.5 Å². The molecule has 19 heteroatoms. The molecule has 0 amide bonds. The van der Waals surface area contributed by atoms with Crippen LogP contribution >= 0.6 is 35.7 Å². The molecule has 15 nitrogen and oxygen atoms in total. The van der Waals surface area contributed by atoms with Crippen molar-refractivity contribution in [2.45, 2.75) is 31.5 Å². The van der Waals surface area contributed by atoms with Gasteiger partial charge < -0.3 is 24.7 Å². The Kier molecular flexibility index (Phi) is 6.25. The molecule has 0 saturated carbocycles. The number of nitrogens with zero attached hydrogens (tertiary/aromatic N) is 1. The summed E-state index contributed by atoms with van der Waals surface area (Å²) in [6.07, 6.45) is -4.62. The second-order valence-corrected chi connectivity index (χ2v) is 11.3. The van der Waals surface area contributed by atoms with Crippen molar-refractivity contribution in [3.63, 3.8) is 0 Å². The molecule has 5 N–H and O–H groups in total. The van der Waals surface area contributed by atoms with Crippen molar-refractivity contribution in [1.82, 2.24) is 9.55 Å². The van der Waals surface area contributed by atoms with E-state index in [0.717, 1.165) is 4.57 Å². The Hall–Kier alpha value is -0.570. The molecule has 0 spiro atoms. The number of hydrogen-bond donors (Lipinski definition) is 5. The van der Waals surface area contributed by atoms with Gasteiger partial charge in [0.05, 0.1) is 6.61 Å². The zero-order valence-electron chi connectivity index (χ0n) is 14.3. The van der Waals surface area contributed by atoms with Gasteiger partial charge in [0, 0.05) is 11.8 Å². The van der Waals surface area contributed by atoms with Crippen LogP contribution in [0, 0.1) is 11.7 Å². The van der Waals surface area contributed by atoms with Gasteiger partial charge in [-0.15, -0.1) is 0 Å². The molecule has 0 aromatic carbocycles. The predicted molar refractivity (Wildman–Crippen MR) is 93.0 cm³/mol. The van der Waals surface area contributed by atoms with Crippen molar-refractivity contribution >= 4 is 35.7 Å². The Labute approximate surface area is 166 Å². The molecule has 29 heavy (non-hydrogen) atoms. The van der Waals surface area contributed by atoms with E-state index in [1.165, 1.54) is 13.1 Å². The molecule has 1 aromatic heterocycles. The number of aromatic amines is 1. The zero-order valence-corrected chi connectivity index (χ0v) is 17.8. The van der Waals surface area contributed by atoms with Gasteiger partial charge >= 0.3 is 23.5 Å². The van der Waals surface area contributed by atoms with Crippen LogP contribution in [0.3, 0.4) is 0 Å². The van der Waals surface area contributed by atoms with Crippen LogP contribution in [0.4, 0.5) is 0 Å². The average Bonchev–Trinajstić information content (AvgIpc) is 2.81. The summed E-state index contributed by atoms with van der Waals surface area (Å²) in [6.45, 7) is 0.607. The minimum absolute atomic E-state index is 0.121. The van der Waals surface area contributed by atoms with Crippen molar-refractivity contribution in [3.05, 3.63) is 26.9 Å². The van der Waals surface area contributed by atoms with Crippen molar-refractivity contribution in [3.8, 4) is 0 Å². The van der Waals surface area contributed by atoms with Crippen molar-refractivity contribution in [2.24, 2.45) is 0 Å². The van der Waals surface area contributed by atoms with E-state index in [2.05, 4.69) is 22.4 Å². The Morgan fingerprint density at radius 3 is 2.34 bits per heavy atom. The van der Waals surface area contributed by atoms with E-state index in [1.807, 2.05) is 0 Å². The first kappa shape index (κ1) is 23.1. The normalized spacial score (nSPS) is 42.8. The lowest BCUT2D eigenvalue weighted by atomic mass is 10.1. The van der Waals surface area contributed by atoms with Crippen LogP contribution in [0.5, 0.6) is 0 Å². The molecule has 2 fully saturated rings. The summed E-state index contributed by atoms with van der Waals surface area (Å²) in [5.74, 6) is 0. The van der Waals surface area contributed by atoms with Crippen LogP contribution in [0.25, 0.3) is 0 Å². The lowest BCUT2D eigenvalue weighted by Crippen LogP contribution is -2.34. The van der Waals surface area contributed by atoms with Gasteiger partial charge in [-0.25, -0.2) is 13.7 Å². The summed E-state index contributed by atoms with van der Waals surface area (Å²) in [5.41, 5.74) is -0.234. The molecular weight excluding hydrogens is 481 g/mol. The lowest BCUT2D eigenvalue weighted by Gasteiger charge is -2.27. The van der Waals surface area contributed by atoms with Crippen molar-refractivity contribution in [1.29, 1.82) is 0 Å². The fraction of sp³-hybridized carbons (Fsp3) is 0.600. The maximum Gasteiger partial charge on any atom is 0.492 e. The van der Waals surface area contributed by atoms with Crippen LogP contribution in [0.2, 0.25) is 0 Å². The Bertz CT molecular complexity index is 1040. The molecule has 4 unspecified atom stereocenters. The lowest BCUT2D eigenvalue weighted by molar-refractivity contribution is -0.0537. The highest BCUT2D eigenvalue weighted by atomic mass is 32.1. The van der Waals surface area contributed by atoms with Gasteiger partial charge in [-0.1, -0.05) is 0 Å². The molecule has 2 aliphatic rings. The number of nitrogens with one attached hydrogen (secondary N) is 1. The van der Waals surface area contributed by atoms with Gasteiger partial charge in [-0.05, 0) is 19.1 Å². The summed E-state index contributed by atoms with van der Waals surface area (Å²) in [6, 6.07) is 0. The molecule has 2 aliphatic heterocycles. The van der Waals surface area contributed by atoms with E-state index in [4.69, 9.17) is 17.0 Å². The van der Waals surface area contributed by atoms with Gasteiger partial charge in [-0.2, -0.15) is 12.9 Å². The van der Waals surface area contributed by atoms with Crippen LogP contribution in [-0.4, -0.2) is 54.5 Å². The highest BCUT2D eigenvalue weighted by Crippen LogP contribution is 2.80. The number of aryl methyl sites for hydroxylation is 1. The fourth-order valence-corrected chi connectivity index (χ4v) is 7.70. The number of rotatable bonds is 4. The average molecular weight is 496 g/mol. The maximum atomic E-state index is 12.2. The molecule has 1 aromatic rings. The molecule has 0 radical (unpaired) electrons. The van der Waals surface area contributed by atoms with Crippen molar-refractivity contribution < 1.29 is 55.9 Å². The summed E-state index contributed by atoms with van der Waals surface area (Å²) < 4.78 is 58.0. The van der Waals surface area contributed by atoms with Gasteiger partial charge in [0.15, 0.2) is 11.0 Å². The van der Waals surface area contributed by atoms with Crippen LogP contribution < -0.4 is 5.56 Å². The number of hydrogen-bond acceptors (Lipinski definition) is 12. The maximum absolute atomic E-state index is 12.2. The molecule has 3 heterocycles. The van der Waals surface area contributed by atoms with E-state index in [-0.39, 0.29) is 10.3 Å². The highest BCUT2D eigenvalue weighted by molar-refractivity contribution is 7.74. The second kappa shape index (κ2) is 7.84. The topological polar surface area (TPSA) is 216 Å². The first-order valence-corrected chi connectivity index (χ1v) is 12.5. The third kappa shape index (κ3) is 5.02. The second-order valence-electron chi connectivity index (χ2n) is 5.95. The number of phosphoric acid groups is 3. The highest BCUT2D eigenvalue weighted by Gasteiger charge is 2.55. The molecule has 0 aliphatic carbocycles. The van der Waals surface area contributed by atoms with Gasteiger partial charge in [0.25, 0.3) is 5.56 Å². The molecular formula is C10H15N2O13P3S. The van der Waals surface area contributed by atoms with E-state index in [0.29, 0.717) is 0 Å². The summed E-state index contributed by atoms with van der Waals surface area (Å²) in [5, 5.41) is 20.4. The third-order valence-electron chi connectivity index (χ3n) is 3.77. The minimum Gasteiger partial charge on any atom is -0.387 e. The standard InChI is InChI=1S/C10H15N2O13P3S/c1-4-2-12(10(29)11-8(4)15)9-7(14)6(13)5(22-9)3-21-28(20)24-26(16,17)23-27(18,19)25-28/h2,5-7,9,13-14H,3H2,1H3,(H,16,17)(H,18,19)(H,11,15,29)/t5-,6?,7?,9-/m1/s1. The smallest absolute Gasteiger partial charge is 0.387 e. The van der Waals surface area contributed by atoms with Crippen molar-refractivity contribution in [2.75, 3.05) is 6.61 Å². The Morgan fingerprint density at radius 2 is 1.76 bits per heavy atom.